The highest BCUT2D eigenvalue weighted by atomic mass is 16.2. The molecule has 0 aromatic carbocycles. The Hall–Kier alpha value is -1.36. The Morgan fingerprint density at radius 1 is 1.20 bits per heavy atom. The topological polar surface area (TPSA) is 59.0 Å². The minimum Gasteiger partial charge on any atom is -0.350 e. The quantitative estimate of drug-likeness (QED) is 0.859. The maximum atomic E-state index is 12.1. The van der Waals surface area contributed by atoms with Crippen molar-refractivity contribution in [3.63, 3.8) is 0 Å². The fraction of sp³-hybridized carbons (Fsp3) is 0.733. The van der Waals surface area contributed by atoms with Gasteiger partial charge in [-0.05, 0) is 32.1 Å². The van der Waals surface area contributed by atoms with Gasteiger partial charge in [0, 0.05) is 24.5 Å². The highest BCUT2D eigenvalue weighted by molar-refractivity contribution is 5.78. The third kappa shape index (κ3) is 3.20. The number of nitrogens with one attached hydrogen (secondary N) is 2. The summed E-state index contributed by atoms with van der Waals surface area (Å²) in [6, 6.07) is 1.17. The van der Waals surface area contributed by atoms with Crippen molar-refractivity contribution in [1.82, 2.24) is 20.2 Å². The molecule has 0 aliphatic heterocycles. The molecule has 1 amide bonds. The molecule has 1 aromatic rings. The Kier molecular flexibility index (Phi) is 4.35. The van der Waals surface area contributed by atoms with Crippen molar-refractivity contribution in [1.29, 1.82) is 0 Å². The SMILES string of the molecule is O=C(CNC1CCCC1)NC1CCCC1n1ccnc1. The van der Waals surface area contributed by atoms with Gasteiger partial charge < -0.3 is 15.2 Å². The van der Waals surface area contributed by atoms with E-state index in [4.69, 9.17) is 0 Å². The average Bonchev–Trinajstić information content (AvgIpc) is 3.18. The second kappa shape index (κ2) is 6.39. The molecular formula is C15H24N4O. The molecule has 2 saturated carbocycles. The Bertz CT molecular complexity index is 425. The first-order valence-electron chi connectivity index (χ1n) is 7.83. The van der Waals surface area contributed by atoms with Gasteiger partial charge in [0.15, 0.2) is 0 Å². The molecule has 2 aliphatic rings. The number of carbonyl (C=O) groups is 1. The summed E-state index contributed by atoms with van der Waals surface area (Å²) in [7, 11) is 0. The Morgan fingerprint density at radius 2 is 2.05 bits per heavy atom. The molecule has 5 heteroatoms. The van der Waals surface area contributed by atoms with E-state index in [-0.39, 0.29) is 11.9 Å². The second-order valence-electron chi connectivity index (χ2n) is 6.04. The number of hydrogen-bond acceptors (Lipinski definition) is 3. The van der Waals surface area contributed by atoms with Crippen LogP contribution in [0, 0.1) is 0 Å². The number of rotatable bonds is 5. The first kappa shape index (κ1) is 13.6. The fourth-order valence-corrected chi connectivity index (χ4v) is 3.56. The van der Waals surface area contributed by atoms with Crippen molar-refractivity contribution in [2.75, 3.05) is 6.54 Å². The molecule has 0 spiro atoms. The lowest BCUT2D eigenvalue weighted by molar-refractivity contribution is -0.121. The van der Waals surface area contributed by atoms with Crippen molar-refractivity contribution in [2.24, 2.45) is 0 Å². The molecule has 0 radical (unpaired) electrons. The highest BCUT2D eigenvalue weighted by Crippen LogP contribution is 2.29. The van der Waals surface area contributed by atoms with E-state index < -0.39 is 0 Å². The fourth-order valence-electron chi connectivity index (χ4n) is 3.56. The molecule has 2 aliphatic carbocycles. The summed E-state index contributed by atoms with van der Waals surface area (Å²) >= 11 is 0. The van der Waals surface area contributed by atoms with Gasteiger partial charge >= 0.3 is 0 Å². The van der Waals surface area contributed by atoms with E-state index in [1.165, 1.54) is 32.1 Å². The molecule has 2 unspecified atom stereocenters. The first-order valence-corrected chi connectivity index (χ1v) is 7.83. The van der Waals surface area contributed by atoms with Crippen molar-refractivity contribution >= 4 is 5.91 Å². The van der Waals surface area contributed by atoms with E-state index in [1.807, 2.05) is 12.5 Å². The zero-order chi connectivity index (χ0) is 13.8. The van der Waals surface area contributed by atoms with E-state index in [0.717, 1.165) is 12.8 Å². The highest BCUT2D eigenvalue weighted by Gasteiger charge is 2.29. The number of amides is 1. The second-order valence-corrected chi connectivity index (χ2v) is 6.04. The van der Waals surface area contributed by atoms with Crippen LogP contribution in [0.5, 0.6) is 0 Å². The van der Waals surface area contributed by atoms with Gasteiger partial charge in [-0.2, -0.15) is 0 Å². The van der Waals surface area contributed by atoms with Crippen LogP contribution in [0.1, 0.15) is 51.0 Å². The summed E-state index contributed by atoms with van der Waals surface area (Å²) in [6.07, 6.45) is 14.0. The van der Waals surface area contributed by atoms with Crippen LogP contribution in [0.4, 0.5) is 0 Å². The van der Waals surface area contributed by atoms with E-state index in [0.29, 0.717) is 18.6 Å². The average molecular weight is 276 g/mol. The van der Waals surface area contributed by atoms with Crippen molar-refractivity contribution in [3.05, 3.63) is 18.7 Å². The number of carbonyl (C=O) groups excluding carboxylic acids is 1. The maximum absolute atomic E-state index is 12.1. The number of nitrogens with zero attached hydrogens (tertiary/aromatic N) is 2. The normalized spacial score (nSPS) is 27.0. The lowest BCUT2D eigenvalue weighted by Gasteiger charge is -2.22. The Balaban J connectivity index is 1.47. The van der Waals surface area contributed by atoms with Gasteiger partial charge in [0.1, 0.15) is 0 Å². The van der Waals surface area contributed by atoms with Gasteiger partial charge in [-0.1, -0.05) is 12.8 Å². The molecule has 5 nitrogen and oxygen atoms in total. The van der Waals surface area contributed by atoms with Crippen LogP contribution < -0.4 is 10.6 Å². The summed E-state index contributed by atoms with van der Waals surface area (Å²) in [5.74, 6) is 0.133. The standard InChI is InChI=1S/C15H24N4O/c20-15(10-17-12-4-1-2-5-12)18-13-6-3-7-14(13)19-9-8-16-11-19/h8-9,11-14,17H,1-7,10H2,(H,18,20). The Labute approximate surface area is 120 Å². The first-order chi connectivity index (χ1) is 9.83. The third-order valence-corrected chi connectivity index (χ3v) is 4.64. The van der Waals surface area contributed by atoms with Crippen molar-refractivity contribution in [2.45, 2.75) is 63.1 Å². The van der Waals surface area contributed by atoms with E-state index in [2.05, 4.69) is 20.2 Å². The molecule has 20 heavy (non-hydrogen) atoms. The molecule has 0 saturated heterocycles. The van der Waals surface area contributed by atoms with Crippen molar-refractivity contribution < 1.29 is 4.79 Å². The molecule has 2 fully saturated rings. The van der Waals surface area contributed by atoms with Crippen molar-refractivity contribution in [3.8, 4) is 0 Å². The smallest absolute Gasteiger partial charge is 0.234 e. The Morgan fingerprint density at radius 3 is 2.80 bits per heavy atom. The van der Waals surface area contributed by atoms with Crippen LogP contribution in [0.2, 0.25) is 0 Å². The monoisotopic (exact) mass is 276 g/mol. The molecule has 3 rings (SSSR count). The minimum absolute atomic E-state index is 0.133. The number of imidazole rings is 1. The summed E-state index contributed by atoms with van der Waals surface area (Å²) < 4.78 is 2.13. The number of hydrogen-bond donors (Lipinski definition) is 2. The van der Waals surface area contributed by atoms with Crippen LogP contribution in [0.25, 0.3) is 0 Å². The molecule has 1 aromatic heterocycles. The maximum Gasteiger partial charge on any atom is 0.234 e. The largest absolute Gasteiger partial charge is 0.350 e. The third-order valence-electron chi connectivity index (χ3n) is 4.64. The van der Waals surface area contributed by atoms with Gasteiger partial charge in [0.05, 0.1) is 18.9 Å². The van der Waals surface area contributed by atoms with Gasteiger partial charge in [0.25, 0.3) is 0 Å². The molecular weight excluding hydrogens is 252 g/mol. The van der Waals surface area contributed by atoms with E-state index in [9.17, 15) is 4.79 Å². The van der Waals surface area contributed by atoms with Crippen LogP contribution >= 0.6 is 0 Å². The predicted octanol–water partition coefficient (Wildman–Crippen LogP) is 1.63. The van der Waals surface area contributed by atoms with Crippen LogP contribution in [-0.2, 0) is 4.79 Å². The summed E-state index contributed by atoms with van der Waals surface area (Å²) in [6.45, 7) is 0.456. The van der Waals surface area contributed by atoms with Gasteiger partial charge in [-0.3, -0.25) is 4.79 Å². The lowest BCUT2D eigenvalue weighted by atomic mass is 10.1. The summed E-state index contributed by atoms with van der Waals surface area (Å²) in [4.78, 5) is 16.2. The molecule has 110 valence electrons. The summed E-state index contributed by atoms with van der Waals surface area (Å²) in [5, 5.41) is 6.56. The molecule has 1 heterocycles. The van der Waals surface area contributed by atoms with Gasteiger partial charge in [-0.15, -0.1) is 0 Å². The predicted molar refractivity (Wildman–Crippen MR) is 77.3 cm³/mol. The zero-order valence-electron chi connectivity index (χ0n) is 11.9. The van der Waals surface area contributed by atoms with E-state index in [1.54, 1.807) is 6.20 Å². The van der Waals surface area contributed by atoms with Crippen LogP contribution in [0.15, 0.2) is 18.7 Å². The minimum atomic E-state index is 0.133. The lowest BCUT2D eigenvalue weighted by Crippen LogP contribution is -2.44. The molecule has 0 bridgehead atoms. The molecule has 2 N–H and O–H groups in total. The zero-order valence-corrected chi connectivity index (χ0v) is 11.9. The van der Waals surface area contributed by atoms with E-state index >= 15 is 0 Å². The van der Waals surface area contributed by atoms with Crippen LogP contribution in [0.3, 0.4) is 0 Å². The van der Waals surface area contributed by atoms with Gasteiger partial charge in [0.2, 0.25) is 5.91 Å². The van der Waals surface area contributed by atoms with Crippen LogP contribution in [-0.4, -0.2) is 34.1 Å². The summed E-state index contributed by atoms with van der Waals surface area (Å²) in [5.41, 5.74) is 0. The van der Waals surface area contributed by atoms with Gasteiger partial charge in [-0.25, -0.2) is 4.98 Å². The molecule has 2 atom stereocenters. The number of aromatic nitrogens is 2.